The number of hydrogen-bond acceptors (Lipinski definition) is 4. The molecule has 0 aliphatic carbocycles. The zero-order chi connectivity index (χ0) is 17.2. The topological polar surface area (TPSA) is 49.3 Å². The van der Waals surface area contributed by atoms with Gasteiger partial charge >= 0.3 is 0 Å². The standard InChI is InChI=1S/C18H36N4O2.HI/c1-16(15-22-8-12-24-13-9-22)14-20-18(19-2)21(3)7-4-17-5-10-23-11-6-17;/h16-17H,4-15H2,1-3H3,(H,19,20);1H. The summed E-state index contributed by atoms with van der Waals surface area (Å²) >= 11 is 0. The molecule has 0 amide bonds. The maximum Gasteiger partial charge on any atom is 0.193 e. The third-order valence-corrected chi connectivity index (χ3v) is 5.07. The van der Waals surface area contributed by atoms with E-state index in [4.69, 9.17) is 9.47 Å². The van der Waals surface area contributed by atoms with E-state index in [-0.39, 0.29) is 24.0 Å². The van der Waals surface area contributed by atoms with Crippen LogP contribution in [0.15, 0.2) is 4.99 Å². The molecule has 148 valence electrons. The Bertz CT molecular complexity index is 372. The van der Waals surface area contributed by atoms with Crippen LogP contribution in [-0.4, -0.2) is 89.0 Å². The third kappa shape index (κ3) is 8.88. The van der Waals surface area contributed by atoms with Crippen LogP contribution < -0.4 is 5.32 Å². The molecule has 1 N–H and O–H groups in total. The quantitative estimate of drug-likeness (QED) is 0.352. The minimum Gasteiger partial charge on any atom is -0.381 e. The first kappa shape index (κ1) is 22.9. The first-order valence-electron chi connectivity index (χ1n) is 9.48. The Balaban J connectivity index is 0.00000312. The Labute approximate surface area is 170 Å². The van der Waals surface area contributed by atoms with Crippen molar-refractivity contribution in [1.29, 1.82) is 0 Å². The van der Waals surface area contributed by atoms with Crippen LogP contribution in [0.3, 0.4) is 0 Å². The van der Waals surface area contributed by atoms with Gasteiger partial charge in [0.1, 0.15) is 0 Å². The first-order valence-corrected chi connectivity index (χ1v) is 9.48. The second-order valence-corrected chi connectivity index (χ2v) is 7.21. The van der Waals surface area contributed by atoms with Crippen molar-refractivity contribution < 1.29 is 9.47 Å². The Kier molecular flexibility index (Phi) is 12.0. The van der Waals surface area contributed by atoms with Gasteiger partial charge in [-0.1, -0.05) is 6.92 Å². The van der Waals surface area contributed by atoms with Crippen LogP contribution >= 0.6 is 24.0 Å². The zero-order valence-corrected chi connectivity index (χ0v) is 18.5. The molecule has 0 spiro atoms. The highest BCUT2D eigenvalue weighted by Crippen LogP contribution is 2.18. The summed E-state index contributed by atoms with van der Waals surface area (Å²) in [6, 6.07) is 0. The summed E-state index contributed by atoms with van der Waals surface area (Å²) in [5.41, 5.74) is 0. The van der Waals surface area contributed by atoms with E-state index in [1.54, 1.807) is 0 Å². The number of nitrogens with one attached hydrogen (secondary N) is 1. The van der Waals surface area contributed by atoms with E-state index in [1.807, 2.05) is 7.05 Å². The van der Waals surface area contributed by atoms with E-state index < -0.39 is 0 Å². The second kappa shape index (κ2) is 13.1. The number of morpholine rings is 1. The lowest BCUT2D eigenvalue weighted by atomic mass is 9.96. The number of ether oxygens (including phenoxy) is 2. The molecule has 2 heterocycles. The molecule has 2 aliphatic heterocycles. The number of guanidine groups is 1. The Morgan fingerprint density at radius 3 is 2.48 bits per heavy atom. The highest BCUT2D eigenvalue weighted by molar-refractivity contribution is 14.0. The van der Waals surface area contributed by atoms with Crippen LogP contribution in [-0.2, 0) is 9.47 Å². The number of hydrogen-bond donors (Lipinski definition) is 1. The maximum atomic E-state index is 5.44. The normalized spacial score (nSPS) is 21.5. The van der Waals surface area contributed by atoms with Gasteiger partial charge in [-0.2, -0.15) is 0 Å². The van der Waals surface area contributed by atoms with Gasteiger partial charge in [0.25, 0.3) is 0 Å². The molecule has 0 saturated carbocycles. The van der Waals surface area contributed by atoms with Crippen LogP contribution in [0.1, 0.15) is 26.2 Å². The van der Waals surface area contributed by atoms with Gasteiger partial charge in [-0.15, -0.1) is 24.0 Å². The minimum absolute atomic E-state index is 0. The molecule has 0 aromatic carbocycles. The number of aliphatic imine (C=N–C) groups is 1. The lowest BCUT2D eigenvalue weighted by Gasteiger charge is -2.30. The van der Waals surface area contributed by atoms with Crippen molar-refractivity contribution in [2.75, 3.05) is 73.2 Å². The van der Waals surface area contributed by atoms with Gasteiger partial charge in [0.05, 0.1) is 13.2 Å². The molecule has 0 bridgehead atoms. The van der Waals surface area contributed by atoms with Gasteiger partial charge in [-0.25, -0.2) is 0 Å². The highest BCUT2D eigenvalue weighted by Gasteiger charge is 2.17. The molecule has 1 unspecified atom stereocenters. The third-order valence-electron chi connectivity index (χ3n) is 5.07. The van der Waals surface area contributed by atoms with Gasteiger partial charge in [0, 0.05) is 60.0 Å². The fourth-order valence-corrected chi connectivity index (χ4v) is 3.46. The van der Waals surface area contributed by atoms with E-state index >= 15 is 0 Å². The van der Waals surface area contributed by atoms with Crippen molar-refractivity contribution >= 4 is 29.9 Å². The SMILES string of the molecule is CN=C(NCC(C)CN1CCOCC1)N(C)CCC1CCOCC1.I. The summed E-state index contributed by atoms with van der Waals surface area (Å²) in [7, 11) is 4.02. The Morgan fingerprint density at radius 1 is 1.20 bits per heavy atom. The number of rotatable bonds is 7. The first-order chi connectivity index (χ1) is 11.7. The molecular weight excluding hydrogens is 431 g/mol. The summed E-state index contributed by atoms with van der Waals surface area (Å²) in [6.07, 6.45) is 3.64. The van der Waals surface area contributed by atoms with E-state index in [1.165, 1.54) is 19.3 Å². The van der Waals surface area contributed by atoms with Crippen LogP contribution in [0, 0.1) is 11.8 Å². The van der Waals surface area contributed by atoms with Crippen molar-refractivity contribution in [1.82, 2.24) is 15.1 Å². The molecule has 1 atom stereocenters. The van der Waals surface area contributed by atoms with Crippen molar-refractivity contribution in [3.05, 3.63) is 0 Å². The predicted octanol–water partition coefficient (Wildman–Crippen LogP) is 1.90. The summed E-state index contributed by atoms with van der Waals surface area (Å²) in [4.78, 5) is 9.20. The maximum absolute atomic E-state index is 5.44. The number of halogens is 1. The molecule has 0 aromatic heterocycles. The molecule has 0 aromatic rings. The van der Waals surface area contributed by atoms with Crippen LogP contribution in [0.25, 0.3) is 0 Å². The summed E-state index contributed by atoms with van der Waals surface area (Å²) in [5.74, 6) is 2.42. The molecule has 7 heteroatoms. The fourth-order valence-electron chi connectivity index (χ4n) is 3.46. The van der Waals surface area contributed by atoms with Gasteiger partial charge in [-0.05, 0) is 31.1 Å². The van der Waals surface area contributed by atoms with Crippen molar-refractivity contribution in [3.8, 4) is 0 Å². The summed E-state index contributed by atoms with van der Waals surface area (Å²) in [6.45, 7) is 11.2. The largest absolute Gasteiger partial charge is 0.381 e. The van der Waals surface area contributed by atoms with E-state index in [9.17, 15) is 0 Å². The molecule has 2 aliphatic rings. The van der Waals surface area contributed by atoms with E-state index in [0.29, 0.717) is 5.92 Å². The van der Waals surface area contributed by atoms with Gasteiger partial charge in [0.15, 0.2) is 5.96 Å². The summed E-state index contributed by atoms with van der Waals surface area (Å²) < 4.78 is 10.9. The monoisotopic (exact) mass is 468 g/mol. The smallest absolute Gasteiger partial charge is 0.193 e. The van der Waals surface area contributed by atoms with Gasteiger partial charge in [0.2, 0.25) is 0 Å². The molecule has 2 fully saturated rings. The Hall–Kier alpha value is -0.120. The molecule has 2 saturated heterocycles. The zero-order valence-electron chi connectivity index (χ0n) is 16.2. The van der Waals surface area contributed by atoms with E-state index in [0.717, 1.165) is 71.0 Å². The second-order valence-electron chi connectivity index (χ2n) is 7.21. The van der Waals surface area contributed by atoms with Gasteiger partial charge < -0.3 is 19.7 Å². The molecule has 6 nitrogen and oxygen atoms in total. The summed E-state index contributed by atoms with van der Waals surface area (Å²) in [5, 5.41) is 3.54. The van der Waals surface area contributed by atoms with Crippen LogP contribution in [0.4, 0.5) is 0 Å². The van der Waals surface area contributed by atoms with Crippen LogP contribution in [0.2, 0.25) is 0 Å². The van der Waals surface area contributed by atoms with Crippen molar-refractivity contribution in [2.24, 2.45) is 16.8 Å². The van der Waals surface area contributed by atoms with Crippen molar-refractivity contribution in [2.45, 2.75) is 26.2 Å². The number of nitrogens with zero attached hydrogens (tertiary/aromatic N) is 3. The van der Waals surface area contributed by atoms with E-state index in [2.05, 4.69) is 34.1 Å². The molecule has 0 radical (unpaired) electrons. The van der Waals surface area contributed by atoms with Gasteiger partial charge in [-0.3, -0.25) is 9.89 Å². The molecular formula is C18H37IN4O2. The highest BCUT2D eigenvalue weighted by atomic mass is 127. The molecule has 25 heavy (non-hydrogen) atoms. The fraction of sp³-hybridized carbons (Fsp3) is 0.944. The average Bonchev–Trinajstić information content (AvgIpc) is 2.62. The lowest BCUT2D eigenvalue weighted by Crippen LogP contribution is -2.44. The van der Waals surface area contributed by atoms with Crippen molar-refractivity contribution in [3.63, 3.8) is 0 Å². The Morgan fingerprint density at radius 2 is 1.84 bits per heavy atom. The lowest BCUT2D eigenvalue weighted by molar-refractivity contribution is 0.0320. The molecule has 2 rings (SSSR count). The average molecular weight is 468 g/mol. The van der Waals surface area contributed by atoms with Crippen LogP contribution in [0.5, 0.6) is 0 Å². The predicted molar refractivity (Wildman–Crippen MR) is 114 cm³/mol. The minimum atomic E-state index is 0.